The van der Waals surface area contributed by atoms with Gasteiger partial charge in [0.2, 0.25) is 0 Å². The van der Waals surface area contributed by atoms with Gasteiger partial charge in [-0.25, -0.2) is 14.5 Å². The third-order valence-electron chi connectivity index (χ3n) is 2.67. The Morgan fingerprint density at radius 3 is 2.63 bits per heavy atom. The zero-order valence-corrected chi connectivity index (χ0v) is 11.1. The molecular weight excluding hydrogens is 244 g/mol. The first-order chi connectivity index (χ1) is 8.88. The number of carbonyl (C=O) groups is 1. The van der Waals surface area contributed by atoms with Crippen LogP contribution in [-0.2, 0) is 5.41 Å². The second-order valence-corrected chi connectivity index (χ2v) is 5.19. The van der Waals surface area contributed by atoms with E-state index in [1.807, 2.05) is 26.8 Å². The third kappa shape index (κ3) is 2.90. The van der Waals surface area contributed by atoms with Crippen LogP contribution >= 0.6 is 0 Å². The van der Waals surface area contributed by atoms with E-state index in [0.29, 0.717) is 5.75 Å². The molecular formula is C13H16N4O2. The fourth-order valence-corrected chi connectivity index (χ4v) is 1.79. The highest BCUT2D eigenvalue weighted by molar-refractivity contribution is 5.69. The van der Waals surface area contributed by atoms with E-state index in [4.69, 9.17) is 10.5 Å². The number of rotatable bonds is 2. The number of nitrogens with two attached hydrogens (primary N) is 1. The van der Waals surface area contributed by atoms with Crippen LogP contribution in [0.5, 0.6) is 5.75 Å². The number of ether oxygens (including phenoxy) is 1. The van der Waals surface area contributed by atoms with Gasteiger partial charge in [0.1, 0.15) is 18.4 Å². The zero-order valence-electron chi connectivity index (χ0n) is 11.1. The summed E-state index contributed by atoms with van der Waals surface area (Å²) in [6, 6.07) is 5.41. The van der Waals surface area contributed by atoms with E-state index in [1.54, 1.807) is 23.1 Å². The lowest BCUT2D eigenvalue weighted by atomic mass is 9.86. The highest BCUT2D eigenvalue weighted by Gasteiger charge is 2.21. The summed E-state index contributed by atoms with van der Waals surface area (Å²) in [7, 11) is 0. The van der Waals surface area contributed by atoms with E-state index in [0.717, 1.165) is 11.3 Å². The van der Waals surface area contributed by atoms with E-state index in [-0.39, 0.29) is 5.41 Å². The molecule has 6 nitrogen and oxygen atoms in total. The van der Waals surface area contributed by atoms with Gasteiger partial charge >= 0.3 is 6.09 Å². The highest BCUT2D eigenvalue weighted by Crippen LogP contribution is 2.33. The van der Waals surface area contributed by atoms with Gasteiger partial charge < -0.3 is 10.5 Å². The Bertz CT molecular complexity index is 585. The minimum atomic E-state index is -0.820. The van der Waals surface area contributed by atoms with Crippen molar-refractivity contribution in [3.8, 4) is 11.4 Å². The molecule has 1 heterocycles. The van der Waals surface area contributed by atoms with Crippen molar-refractivity contribution < 1.29 is 9.53 Å². The van der Waals surface area contributed by atoms with Crippen LogP contribution in [0.4, 0.5) is 4.79 Å². The number of aromatic nitrogens is 3. The molecule has 0 aliphatic heterocycles. The molecule has 0 saturated heterocycles. The second-order valence-electron chi connectivity index (χ2n) is 5.19. The lowest BCUT2D eigenvalue weighted by Crippen LogP contribution is -2.20. The maximum Gasteiger partial charge on any atom is 0.409 e. The Labute approximate surface area is 111 Å². The fourth-order valence-electron chi connectivity index (χ4n) is 1.79. The molecule has 0 bridgehead atoms. The van der Waals surface area contributed by atoms with Crippen molar-refractivity contribution in [3.05, 3.63) is 36.4 Å². The summed E-state index contributed by atoms with van der Waals surface area (Å²) in [4.78, 5) is 14.8. The van der Waals surface area contributed by atoms with Gasteiger partial charge in [0.05, 0.1) is 5.69 Å². The van der Waals surface area contributed by atoms with Gasteiger partial charge in [-0.15, -0.1) is 0 Å². The molecule has 0 atom stereocenters. The number of primary amides is 1. The van der Waals surface area contributed by atoms with Crippen molar-refractivity contribution >= 4 is 6.09 Å². The average molecular weight is 260 g/mol. The number of nitrogens with zero attached hydrogens (tertiary/aromatic N) is 3. The first-order valence-electron chi connectivity index (χ1n) is 5.85. The smallest absolute Gasteiger partial charge is 0.409 e. The van der Waals surface area contributed by atoms with Gasteiger partial charge in [-0.2, -0.15) is 5.10 Å². The van der Waals surface area contributed by atoms with Gasteiger partial charge in [0, 0.05) is 5.56 Å². The summed E-state index contributed by atoms with van der Waals surface area (Å²) in [5.74, 6) is 0.462. The molecule has 0 unspecified atom stereocenters. The summed E-state index contributed by atoms with van der Waals surface area (Å²) >= 11 is 0. The van der Waals surface area contributed by atoms with Gasteiger partial charge in [0.15, 0.2) is 0 Å². The van der Waals surface area contributed by atoms with Gasteiger partial charge in [0.25, 0.3) is 0 Å². The molecule has 2 aromatic rings. The molecule has 1 amide bonds. The first kappa shape index (κ1) is 13.1. The number of hydrogen-bond acceptors (Lipinski definition) is 4. The van der Waals surface area contributed by atoms with Gasteiger partial charge in [-0.1, -0.05) is 20.8 Å². The van der Waals surface area contributed by atoms with Crippen LogP contribution in [0.15, 0.2) is 30.9 Å². The van der Waals surface area contributed by atoms with Crippen LogP contribution in [0.3, 0.4) is 0 Å². The van der Waals surface area contributed by atoms with Crippen molar-refractivity contribution in [2.75, 3.05) is 0 Å². The molecule has 0 aliphatic carbocycles. The van der Waals surface area contributed by atoms with Crippen molar-refractivity contribution in [2.24, 2.45) is 5.73 Å². The molecule has 100 valence electrons. The molecule has 2 rings (SSSR count). The molecule has 2 N–H and O–H groups in total. The van der Waals surface area contributed by atoms with Crippen molar-refractivity contribution in [1.29, 1.82) is 0 Å². The van der Waals surface area contributed by atoms with Crippen LogP contribution < -0.4 is 10.5 Å². The summed E-state index contributed by atoms with van der Waals surface area (Å²) in [5.41, 5.74) is 6.61. The fraction of sp³-hybridized carbons (Fsp3) is 0.308. The Kier molecular flexibility index (Phi) is 3.25. The topological polar surface area (TPSA) is 83.0 Å². The Morgan fingerprint density at radius 1 is 1.37 bits per heavy atom. The van der Waals surface area contributed by atoms with E-state index in [9.17, 15) is 4.79 Å². The van der Waals surface area contributed by atoms with E-state index in [2.05, 4.69) is 10.1 Å². The Hall–Kier alpha value is -2.37. The lowest BCUT2D eigenvalue weighted by molar-refractivity contribution is 0.210. The van der Waals surface area contributed by atoms with Crippen LogP contribution in [0.1, 0.15) is 26.3 Å². The quantitative estimate of drug-likeness (QED) is 0.895. The number of amides is 1. The van der Waals surface area contributed by atoms with Crippen LogP contribution in [0, 0.1) is 0 Å². The lowest BCUT2D eigenvalue weighted by Gasteiger charge is -2.22. The Morgan fingerprint density at radius 2 is 2.11 bits per heavy atom. The normalized spacial score (nSPS) is 11.3. The van der Waals surface area contributed by atoms with Crippen LogP contribution in [-0.4, -0.2) is 20.9 Å². The number of benzene rings is 1. The molecule has 0 fully saturated rings. The summed E-state index contributed by atoms with van der Waals surface area (Å²) in [6.45, 7) is 6.09. The highest BCUT2D eigenvalue weighted by atomic mass is 16.5. The third-order valence-corrected chi connectivity index (χ3v) is 2.67. The zero-order chi connectivity index (χ0) is 14.0. The van der Waals surface area contributed by atoms with Crippen molar-refractivity contribution in [1.82, 2.24) is 14.8 Å². The average Bonchev–Trinajstić information content (AvgIpc) is 2.80. The largest absolute Gasteiger partial charge is 0.410 e. The van der Waals surface area contributed by atoms with Crippen LogP contribution in [0.25, 0.3) is 5.69 Å². The van der Waals surface area contributed by atoms with E-state index < -0.39 is 6.09 Å². The maximum atomic E-state index is 10.9. The SMILES string of the molecule is CC(C)(C)c1cc(-n2cncn2)ccc1OC(N)=O. The molecule has 1 aromatic carbocycles. The second kappa shape index (κ2) is 4.72. The number of hydrogen-bond donors (Lipinski definition) is 1. The predicted octanol–water partition coefficient (Wildman–Crippen LogP) is 2.02. The van der Waals surface area contributed by atoms with Crippen LogP contribution in [0.2, 0.25) is 0 Å². The summed E-state index contributed by atoms with van der Waals surface area (Å²) in [6.07, 6.45) is 2.25. The minimum Gasteiger partial charge on any atom is -0.410 e. The molecule has 19 heavy (non-hydrogen) atoms. The monoisotopic (exact) mass is 260 g/mol. The summed E-state index contributed by atoms with van der Waals surface area (Å²) in [5, 5.41) is 4.07. The number of carbonyl (C=O) groups excluding carboxylic acids is 1. The van der Waals surface area contributed by atoms with Gasteiger partial charge in [-0.05, 0) is 23.6 Å². The molecule has 0 aliphatic rings. The maximum absolute atomic E-state index is 10.9. The molecule has 0 saturated carbocycles. The molecule has 1 aromatic heterocycles. The van der Waals surface area contributed by atoms with Gasteiger partial charge in [-0.3, -0.25) is 0 Å². The van der Waals surface area contributed by atoms with Crippen molar-refractivity contribution in [2.45, 2.75) is 26.2 Å². The van der Waals surface area contributed by atoms with Crippen molar-refractivity contribution in [3.63, 3.8) is 0 Å². The van der Waals surface area contributed by atoms with E-state index >= 15 is 0 Å². The Balaban J connectivity index is 2.51. The molecule has 0 radical (unpaired) electrons. The minimum absolute atomic E-state index is 0.193. The standard InChI is InChI=1S/C13H16N4O2/c1-13(2,3)10-6-9(17-8-15-7-16-17)4-5-11(10)19-12(14)18/h4-8H,1-3H3,(H2,14,18). The summed E-state index contributed by atoms with van der Waals surface area (Å²) < 4.78 is 6.68. The first-order valence-corrected chi connectivity index (χ1v) is 5.85. The predicted molar refractivity (Wildman–Crippen MR) is 70.3 cm³/mol. The molecule has 6 heteroatoms. The van der Waals surface area contributed by atoms with E-state index in [1.165, 1.54) is 6.33 Å². The molecule has 0 spiro atoms.